The lowest BCUT2D eigenvalue weighted by molar-refractivity contribution is -0.127. The molecule has 1 aromatic carbocycles. The average molecular weight is 495 g/mol. The Balaban J connectivity index is 0.00000338. The lowest BCUT2D eigenvalue weighted by Gasteiger charge is -2.24. The number of nitrogens with zero attached hydrogens (tertiary/aromatic N) is 2. The van der Waals surface area contributed by atoms with Gasteiger partial charge in [0.15, 0.2) is 5.96 Å². The van der Waals surface area contributed by atoms with E-state index in [1.54, 1.807) is 19.0 Å². The summed E-state index contributed by atoms with van der Waals surface area (Å²) in [5.74, 6) is 0.574. The predicted molar refractivity (Wildman–Crippen MR) is 116 cm³/mol. The molecule has 0 bridgehead atoms. The largest absolute Gasteiger partial charge is 0.376 e. The molecule has 1 aliphatic heterocycles. The van der Waals surface area contributed by atoms with Gasteiger partial charge in [0.2, 0.25) is 5.91 Å². The van der Waals surface area contributed by atoms with Crippen LogP contribution in [-0.2, 0) is 16.1 Å². The predicted octanol–water partition coefficient (Wildman–Crippen LogP) is 2.65. The second kappa shape index (κ2) is 12.3. The van der Waals surface area contributed by atoms with Gasteiger partial charge in [0, 0.05) is 32.3 Å². The number of carbonyl (C=O) groups excluding carboxylic acids is 1. The fraction of sp³-hybridized carbons (Fsp3) is 0.556. The molecule has 0 saturated carbocycles. The molecule has 1 fully saturated rings. The Bertz CT molecular complexity index is 592. The van der Waals surface area contributed by atoms with E-state index in [0.717, 1.165) is 25.0 Å². The molecule has 6 nitrogen and oxygen atoms in total. The molecule has 1 amide bonds. The first-order valence-corrected chi connectivity index (χ1v) is 9.01. The number of benzene rings is 1. The van der Waals surface area contributed by atoms with Crippen molar-refractivity contribution in [2.75, 3.05) is 33.8 Å². The quantitative estimate of drug-likeness (QED) is 0.363. The molecule has 8 heteroatoms. The van der Waals surface area contributed by atoms with Crippen molar-refractivity contribution in [1.29, 1.82) is 0 Å². The van der Waals surface area contributed by atoms with Crippen LogP contribution in [-0.4, -0.2) is 56.7 Å². The number of likely N-dealkylation sites (N-methyl/N-ethyl adjacent to an activating group) is 1. The van der Waals surface area contributed by atoms with Crippen molar-refractivity contribution in [2.24, 2.45) is 4.99 Å². The van der Waals surface area contributed by atoms with Gasteiger partial charge in [-0.3, -0.25) is 4.79 Å². The monoisotopic (exact) mass is 494 g/mol. The molecule has 2 rings (SSSR count). The topological polar surface area (TPSA) is 66.0 Å². The highest BCUT2D eigenvalue weighted by Gasteiger charge is 2.14. The Labute approximate surface area is 177 Å². The smallest absolute Gasteiger partial charge is 0.241 e. The molecular formula is C18H28ClIN4O2. The van der Waals surface area contributed by atoms with E-state index in [4.69, 9.17) is 16.3 Å². The number of hydrogen-bond donors (Lipinski definition) is 2. The zero-order chi connectivity index (χ0) is 18.1. The number of nitrogens with one attached hydrogen (secondary N) is 2. The molecule has 2 N–H and O–H groups in total. The Morgan fingerprint density at radius 2 is 2.08 bits per heavy atom. The summed E-state index contributed by atoms with van der Waals surface area (Å²) in [4.78, 5) is 17.9. The number of ether oxygens (including phenoxy) is 1. The summed E-state index contributed by atoms with van der Waals surface area (Å²) in [6.45, 7) is 2.11. The Morgan fingerprint density at radius 1 is 1.31 bits per heavy atom. The minimum absolute atomic E-state index is 0. The molecule has 0 aromatic heterocycles. The minimum atomic E-state index is -0.0128. The average Bonchev–Trinajstić information content (AvgIpc) is 2.62. The van der Waals surface area contributed by atoms with Crippen molar-refractivity contribution in [1.82, 2.24) is 15.5 Å². The third-order valence-electron chi connectivity index (χ3n) is 4.04. The molecule has 26 heavy (non-hydrogen) atoms. The van der Waals surface area contributed by atoms with Crippen molar-refractivity contribution in [2.45, 2.75) is 31.9 Å². The van der Waals surface area contributed by atoms with Crippen LogP contribution in [0.25, 0.3) is 0 Å². The van der Waals surface area contributed by atoms with Crippen LogP contribution >= 0.6 is 35.6 Å². The first-order valence-electron chi connectivity index (χ1n) is 8.63. The van der Waals surface area contributed by atoms with E-state index >= 15 is 0 Å². The second-order valence-electron chi connectivity index (χ2n) is 6.27. The van der Waals surface area contributed by atoms with Crippen LogP contribution in [0, 0.1) is 0 Å². The van der Waals surface area contributed by atoms with Crippen LogP contribution in [0.3, 0.4) is 0 Å². The van der Waals surface area contributed by atoms with Gasteiger partial charge < -0.3 is 20.3 Å². The SMILES string of the molecule is CN(C)C(=O)CNC(=NCc1ccccc1Cl)NCC1CCCCO1.I. The van der Waals surface area contributed by atoms with Gasteiger partial charge in [-0.25, -0.2) is 4.99 Å². The third-order valence-corrected chi connectivity index (χ3v) is 4.41. The Morgan fingerprint density at radius 3 is 2.73 bits per heavy atom. The summed E-state index contributed by atoms with van der Waals surface area (Å²) >= 11 is 6.18. The molecule has 1 unspecified atom stereocenters. The first-order chi connectivity index (χ1) is 12.1. The van der Waals surface area contributed by atoms with E-state index in [-0.39, 0.29) is 42.5 Å². The van der Waals surface area contributed by atoms with Crippen molar-refractivity contribution in [3.8, 4) is 0 Å². The van der Waals surface area contributed by atoms with E-state index in [9.17, 15) is 4.79 Å². The number of guanidine groups is 1. The zero-order valence-electron chi connectivity index (χ0n) is 15.3. The van der Waals surface area contributed by atoms with Crippen LogP contribution in [0.5, 0.6) is 0 Å². The molecule has 1 saturated heterocycles. The maximum atomic E-state index is 11.8. The molecule has 1 aromatic rings. The summed E-state index contributed by atoms with van der Waals surface area (Å²) in [5.41, 5.74) is 0.943. The molecule has 0 radical (unpaired) electrons. The van der Waals surface area contributed by atoms with Crippen LogP contribution in [0.1, 0.15) is 24.8 Å². The molecule has 1 aliphatic rings. The maximum Gasteiger partial charge on any atom is 0.241 e. The van der Waals surface area contributed by atoms with Gasteiger partial charge in [0.25, 0.3) is 0 Å². The van der Waals surface area contributed by atoms with E-state index in [2.05, 4.69) is 15.6 Å². The maximum absolute atomic E-state index is 11.8. The first kappa shape index (κ1) is 23.0. The minimum Gasteiger partial charge on any atom is -0.376 e. The lowest BCUT2D eigenvalue weighted by atomic mass is 10.1. The number of halogens is 2. The second-order valence-corrected chi connectivity index (χ2v) is 6.67. The van der Waals surface area contributed by atoms with Gasteiger partial charge in [-0.15, -0.1) is 24.0 Å². The Kier molecular flexibility index (Phi) is 10.9. The van der Waals surface area contributed by atoms with Crippen molar-refractivity contribution in [3.05, 3.63) is 34.9 Å². The van der Waals surface area contributed by atoms with Gasteiger partial charge >= 0.3 is 0 Å². The van der Waals surface area contributed by atoms with Crippen molar-refractivity contribution in [3.63, 3.8) is 0 Å². The number of amides is 1. The van der Waals surface area contributed by atoms with Gasteiger partial charge in [0.1, 0.15) is 0 Å². The van der Waals surface area contributed by atoms with E-state index < -0.39 is 0 Å². The van der Waals surface area contributed by atoms with Crippen molar-refractivity contribution < 1.29 is 9.53 Å². The number of carbonyl (C=O) groups is 1. The summed E-state index contributed by atoms with van der Waals surface area (Å²) in [5, 5.41) is 7.04. The van der Waals surface area contributed by atoms with E-state index in [0.29, 0.717) is 24.1 Å². The van der Waals surface area contributed by atoms with Crippen LogP contribution in [0.2, 0.25) is 5.02 Å². The highest BCUT2D eigenvalue weighted by molar-refractivity contribution is 14.0. The van der Waals surface area contributed by atoms with Gasteiger partial charge in [0.05, 0.1) is 19.2 Å². The fourth-order valence-electron chi connectivity index (χ4n) is 2.46. The van der Waals surface area contributed by atoms with Gasteiger partial charge in [-0.2, -0.15) is 0 Å². The van der Waals surface area contributed by atoms with Crippen LogP contribution in [0.15, 0.2) is 29.3 Å². The molecule has 1 atom stereocenters. The summed E-state index contributed by atoms with van der Waals surface area (Å²) in [6, 6.07) is 7.61. The summed E-state index contributed by atoms with van der Waals surface area (Å²) in [6.07, 6.45) is 3.54. The number of hydrogen-bond acceptors (Lipinski definition) is 3. The number of rotatable bonds is 6. The van der Waals surface area contributed by atoms with E-state index in [1.165, 1.54) is 6.42 Å². The highest BCUT2D eigenvalue weighted by Crippen LogP contribution is 2.15. The fourth-order valence-corrected chi connectivity index (χ4v) is 2.66. The summed E-state index contributed by atoms with van der Waals surface area (Å²) < 4.78 is 5.73. The van der Waals surface area contributed by atoms with Crippen LogP contribution < -0.4 is 10.6 Å². The van der Waals surface area contributed by atoms with Gasteiger partial charge in [-0.1, -0.05) is 29.8 Å². The molecule has 0 spiro atoms. The number of aliphatic imine (C=N–C) groups is 1. The highest BCUT2D eigenvalue weighted by atomic mass is 127. The zero-order valence-corrected chi connectivity index (χ0v) is 18.4. The normalized spacial score (nSPS) is 17.2. The van der Waals surface area contributed by atoms with E-state index in [1.807, 2.05) is 24.3 Å². The summed E-state index contributed by atoms with van der Waals surface area (Å²) in [7, 11) is 3.46. The van der Waals surface area contributed by atoms with Crippen LogP contribution in [0.4, 0.5) is 0 Å². The Hall–Kier alpha value is -1.06. The molecular weight excluding hydrogens is 467 g/mol. The lowest BCUT2D eigenvalue weighted by Crippen LogP contribution is -2.45. The third kappa shape index (κ3) is 8.09. The standard InChI is InChI=1S/C18H27ClN4O2.HI/c1-23(2)17(24)13-22-18(21-12-15-8-5-6-10-25-15)20-11-14-7-3-4-9-16(14)19;/h3-4,7,9,15H,5-6,8,10-13H2,1-2H3,(H2,20,21,22);1H. The molecule has 146 valence electrons. The molecule has 0 aliphatic carbocycles. The van der Waals surface area contributed by atoms with Crippen molar-refractivity contribution >= 4 is 47.4 Å². The molecule has 1 heterocycles. The van der Waals surface area contributed by atoms with Gasteiger partial charge in [-0.05, 0) is 30.9 Å².